The van der Waals surface area contributed by atoms with E-state index in [1.807, 2.05) is 0 Å². The van der Waals surface area contributed by atoms with E-state index >= 15 is 0 Å². The summed E-state index contributed by atoms with van der Waals surface area (Å²) in [5, 5.41) is 2.97. The van der Waals surface area contributed by atoms with E-state index in [9.17, 15) is 18.8 Å². The lowest BCUT2D eigenvalue weighted by Gasteiger charge is -2.10. The van der Waals surface area contributed by atoms with Crippen molar-refractivity contribution in [3.8, 4) is 0 Å². The molecule has 0 radical (unpaired) electrons. The molecule has 29 heavy (non-hydrogen) atoms. The summed E-state index contributed by atoms with van der Waals surface area (Å²) < 4.78 is 17.9. The Morgan fingerprint density at radius 1 is 0.862 bits per heavy atom. The maximum atomic E-state index is 12.9. The molecule has 5 nitrogen and oxygen atoms in total. The summed E-state index contributed by atoms with van der Waals surface area (Å²) in [7, 11) is 0. The van der Waals surface area contributed by atoms with E-state index < -0.39 is 24.3 Å². The fourth-order valence-electron chi connectivity index (χ4n) is 2.56. The first-order chi connectivity index (χ1) is 13.9. The molecule has 0 unspecified atom stereocenters. The molecule has 0 spiro atoms. The molecule has 0 aliphatic rings. The van der Waals surface area contributed by atoms with Crippen molar-refractivity contribution in [3.63, 3.8) is 0 Å². The van der Waals surface area contributed by atoms with Gasteiger partial charge in [-0.2, -0.15) is 0 Å². The first-order valence-electron chi connectivity index (χ1n) is 8.56. The number of benzene rings is 3. The Morgan fingerprint density at radius 3 is 2.14 bits per heavy atom. The number of esters is 1. The summed E-state index contributed by atoms with van der Waals surface area (Å²) in [6.07, 6.45) is 0. The highest BCUT2D eigenvalue weighted by Gasteiger charge is 2.20. The second-order valence-corrected chi connectivity index (χ2v) is 6.45. The van der Waals surface area contributed by atoms with Gasteiger partial charge in [-0.3, -0.25) is 9.59 Å². The van der Waals surface area contributed by atoms with Crippen molar-refractivity contribution in [2.45, 2.75) is 0 Å². The van der Waals surface area contributed by atoms with Crippen molar-refractivity contribution in [2.24, 2.45) is 0 Å². The number of nitrogens with one attached hydrogen (secondary N) is 1. The molecule has 0 heterocycles. The predicted octanol–water partition coefficient (Wildman–Crippen LogP) is 4.51. The van der Waals surface area contributed by atoms with Gasteiger partial charge in [0.1, 0.15) is 5.82 Å². The van der Waals surface area contributed by atoms with Crippen LogP contribution in [0.5, 0.6) is 0 Å². The van der Waals surface area contributed by atoms with E-state index in [1.54, 1.807) is 36.4 Å². The van der Waals surface area contributed by atoms with Gasteiger partial charge in [-0.15, -0.1) is 0 Å². The Bertz CT molecular complexity index is 1050. The van der Waals surface area contributed by atoms with Gasteiger partial charge in [0.25, 0.3) is 5.91 Å². The highest BCUT2D eigenvalue weighted by molar-refractivity contribution is 6.30. The van der Waals surface area contributed by atoms with Crippen LogP contribution in [0.1, 0.15) is 26.3 Å². The van der Waals surface area contributed by atoms with E-state index in [1.165, 1.54) is 36.4 Å². The van der Waals surface area contributed by atoms with Crippen LogP contribution in [0.25, 0.3) is 0 Å². The van der Waals surface area contributed by atoms with Crippen molar-refractivity contribution >= 4 is 34.9 Å². The number of halogens is 2. The van der Waals surface area contributed by atoms with Gasteiger partial charge in [0, 0.05) is 21.8 Å². The second kappa shape index (κ2) is 9.12. The van der Waals surface area contributed by atoms with Crippen LogP contribution < -0.4 is 5.32 Å². The van der Waals surface area contributed by atoms with E-state index in [0.717, 1.165) is 0 Å². The van der Waals surface area contributed by atoms with Crippen molar-refractivity contribution < 1.29 is 23.5 Å². The zero-order chi connectivity index (χ0) is 20.8. The molecular weight excluding hydrogens is 397 g/mol. The number of carbonyl (C=O) groups excluding carboxylic acids is 3. The average Bonchev–Trinajstić information content (AvgIpc) is 2.74. The van der Waals surface area contributed by atoms with Gasteiger partial charge in [-0.25, -0.2) is 9.18 Å². The summed E-state index contributed by atoms with van der Waals surface area (Å²) in [6.45, 7) is -0.556. The molecule has 0 aliphatic heterocycles. The van der Waals surface area contributed by atoms with Crippen LogP contribution >= 0.6 is 11.6 Å². The van der Waals surface area contributed by atoms with Crippen molar-refractivity contribution in [3.05, 3.63) is 100 Å². The third-order valence-corrected chi connectivity index (χ3v) is 4.21. The summed E-state index contributed by atoms with van der Waals surface area (Å²) >= 11 is 5.84. The molecule has 0 fully saturated rings. The molecule has 7 heteroatoms. The molecule has 0 aromatic heterocycles. The van der Waals surface area contributed by atoms with Crippen molar-refractivity contribution in [1.82, 2.24) is 0 Å². The molecule has 3 rings (SSSR count). The summed E-state index contributed by atoms with van der Waals surface area (Å²) in [5.74, 6) is -2.20. The van der Waals surface area contributed by atoms with Gasteiger partial charge < -0.3 is 10.1 Å². The van der Waals surface area contributed by atoms with Crippen LogP contribution in [0.4, 0.5) is 10.1 Å². The number of anilines is 1. The average molecular weight is 412 g/mol. The molecule has 0 saturated carbocycles. The molecule has 0 atom stereocenters. The zero-order valence-electron chi connectivity index (χ0n) is 15.0. The van der Waals surface area contributed by atoms with Gasteiger partial charge >= 0.3 is 5.97 Å². The maximum absolute atomic E-state index is 12.9. The first kappa shape index (κ1) is 20.2. The topological polar surface area (TPSA) is 72.5 Å². The van der Waals surface area contributed by atoms with Crippen LogP contribution in [0.3, 0.4) is 0 Å². The minimum absolute atomic E-state index is 0.0435. The van der Waals surface area contributed by atoms with Crippen LogP contribution in [-0.4, -0.2) is 24.3 Å². The Labute approximate surface area is 171 Å². The van der Waals surface area contributed by atoms with E-state index in [0.29, 0.717) is 16.3 Å². The summed E-state index contributed by atoms with van der Waals surface area (Å²) in [5.41, 5.74) is 0.926. The largest absolute Gasteiger partial charge is 0.452 e. The third-order valence-electron chi connectivity index (χ3n) is 3.96. The summed E-state index contributed by atoms with van der Waals surface area (Å²) in [4.78, 5) is 37.1. The number of amides is 1. The Kier molecular flexibility index (Phi) is 6.36. The number of hydrogen-bond donors (Lipinski definition) is 1. The van der Waals surface area contributed by atoms with Gasteiger partial charge in [0.15, 0.2) is 12.4 Å². The zero-order valence-corrected chi connectivity index (χ0v) is 15.8. The molecule has 3 aromatic carbocycles. The maximum Gasteiger partial charge on any atom is 0.339 e. The molecule has 0 aliphatic carbocycles. The predicted molar refractivity (Wildman–Crippen MR) is 107 cm³/mol. The molecule has 146 valence electrons. The highest BCUT2D eigenvalue weighted by Crippen LogP contribution is 2.18. The third kappa shape index (κ3) is 5.27. The van der Waals surface area contributed by atoms with Crippen LogP contribution in [0, 0.1) is 5.82 Å². The van der Waals surface area contributed by atoms with Gasteiger partial charge in [0.2, 0.25) is 0 Å². The standard InChI is InChI=1S/C22H15ClFNO4/c23-15-7-5-14(6-8-15)21(27)18-3-1-2-4-19(18)22(28)29-13-20(26)25-17-11-9-16(24)10-12-17/h1-12H,13H2,(H,25,26). The van der Waals surface area contributed by atoms with Crippen molar-refractivity contribution in [1.29, 1.82) is 0 Å². The van der Waals surface area contributed by atoms with Crippen LogP contribution in [-0.2, 0) is 9.53 Å². The second-order valence-electron chi connectivity index (χ2n) is 6.01. The highest BCUT2D eigenvalue weighted by atomic mass is 35.5. The molecule has 3 aromatic rings. The lowest BCUT2D eigenvalue weighted by atomic mass is 9.98. The molecule has 0 saturated heterocycles. The quantitative estimate of drug-likeness (QED) is 0.478. The smallest absolute Gasteiger partial charge is 0.339 e. The van der Waals surface area contributed by atoms with Gasteiger partial charge in [-0.1, -0.05) is 29.8 Å². The van der Waals surface area contributed by atoms with E-state index in [4.69, 9.17) is 16.3 Å². The van der Waals surface area contributed by atoms with Crippen molar-refractivity contribution in [2.75, 3.05) is 11.9 Å². The fraction of sp³-hybridized carbons (Fsp3) is 0.0455. The monoisotopic (exact) mass is 411 g/mol. The SMILES string of the molecule is O=C(COC(=O)c1ccccc1C(=O)c1ccc(Cl)cc1)Nc1ccc(F)cc1. The van der Waals surface area contributed by atoms with Gasteiger partial charge in [-0.05, 0) is 54.6 Å². The van der Waals surface area contributed by atoms with Crippen LogP contribution in [0.2, 0.25) is 5.02 Å². The Hall–Kier alpha value is -3.51. The minimum Gasteiger partial charge on any atom is -0.452 e. The van der Waals surface area contributed by atoms with Crippen LogP contribution in [0.15, 0.2) is 72.8 Å². The van der Waals surface area contributed by atoms with Gasteiger partial charge in [0.05, 0.1) is 5.56 Å². The molecule has 1 amide bonds. The number of rotatable bonds is 6. The normalized spacial score (nSPS) is 10.3. The number of ether oxygens (including phenoxy) is 1. The minimum atomic E-state index is -0.808. The number of ketones is 1. The first-order valence-corrected chi connectivity index (χ1v) is 8.93. The fourth-order valence-corrected chi connectivity index (χ4v) is 2.68. The number of carbonyl (C=O) groups is 3. The Balaban J connectivity index is 1.68. The molecule has 1 N–H and O–H groups in total. The lowest BCUT2D eigenvalue weighted by Crippen LogP contribution is -2.22. The van der Waals surface area contributed by atoms with E-state index in [2.05, 4.69) is 5.32 Å². The number of hydrogen-bond acceptors (Lipinski definition) is 4. The Morgan fingerprint density at radius 2 is 1.48 bits per heavy atom. The summed E-state index contributed by atoms with van der Waals surface area (Å²) in [6, 6.07) is 17.6. The van der Waals surface area contributed by atoms with E-state index in [-0.39, 0.29) is 16.9 Å². The lowest BCUT2D eigenvalue weighted by molar-refractivity contribution is -0.119. The molecule has 0 bridgehead atoms. The molecular formula is C22H15ClFNO4.